The average Bonchev–Trinajstić information content (AvgIpc) is 3.53. The first-order valence-electron chi connectivity index (χ1n) is 14.4. The van der Waals surface area contributed by atoms with E-state index >= 15 is 0 Å². The SMILES string of the molecule is CCCCc1nc(-c2ccc(C)nn2)cn1Cc1ccc(-c2ccccc2SNc2noc(C)c2C)c(CCC)c1. The van der Waals surface area contributed by atoms with Crippen molar-refractivity contribution in [1.82, 2.24) is 24.9 Å². The Hall–Kier alpha value is -3.91. The van der Waals surface area contributed by atoms with Crippen LogP contribution in [0.2, 0.25) is 0 Å². The molecule has 0 saturated heterocycles. The number of nitrogens with zero attached hydrogens (tertiary/aromatic N) is 5. The van der Waals surface area contributed by atoms with Gasteiger partial charge in [0.2, 0.25) is 0 Å². The molecular weight excluding hydrogens is 528 g/mol. The first-order chi connectivity index (χ1) is 20.0. The highest BCUT2D eigenvalue weighted by Gasteiger charge is 2.15. The highest BCUT2D eigenvalue weighted by atomic mass is 32.2. The molecule has 7 nitrogen and oxygen atoms in total. The van der Waals surface area contributed by atoms with E-state index in [1.165, 1.54) is 22.3 Å². The Bertz CT molecular complexity index is 1600. The normalized spacial score (nSPS) is 11.2. The van der Waals surface area contributed by atoms with Crippen molar-refractivity contribution in [1.29, 1.82) is 0 Å². The lowest BCUT2D eigenvalue weighted by Gasteiger charge is -2.16. The van der Waals surface area contributed by atoms with Gasteiger partial charge in [0.05, 0.1) is 5.69 Å². The molecule has 0 radical (unpaired) electrons. The molecular formula is C33H38N6OS. The molecule has 8 heteroatoms. The third kappa shape index (κ3) is 6.70. The van der Waals surface area contributed by atoms with Crippen molar-refractivity contribution in [2.45, 2.75) is 78.2 Å². The van der Waals surface area contributed by atoms with Crippen LogP contribution in [0, 0.1) is 20.8 Å². The lowest BCUT2D eigenvalue weighted by Crippen LogP contribution is -2.05. The molecule has 0 aliphatic carbocycles. The van der Waals surface area contributed by atoms with Gasteiger partial charge in [-0.3, -0.25) is 0 Å². The molecule has 212 valence electrons. The minimum absolute atomic E-state index is 0.765. The van der Waals surface area contributed by atoms with E-state index in [0.29, 0.717) is 0 Å². The third-order valence-electron chi connectivity index (χ3n) is 7.31. The van der Waals surface area contributed by atoms with Gasteiger partial charge in [-0.2, -0.15) is 5.10 Å². The molecule has 5 aromatic rings. The topological polar surface area (TPSA) is 81.7 Å². The number of benzene rings is 2. The number of anilines is 1. The van der Waals surface area contributed by atoms with Gasteiger partial charge in [-0.1, -0.05) is 68.2 Å². The lowest BCUT2D eigenvalue weighted by atomic mass is 9.94. The van der Waals surface area contributed by atoms with Crippen LogP contribution in [0.3, 0.4) is 0 Å². The van der Waals surface area contributed by atoms with E-state index in [0.717, 1.165) is 83.6 Å². The highest BCUT2D eigenvalue weighted by molar-refractivity contribution is 8.00. The van der Waals surface area contributed by atoms with Gasteiger partial charge in [0.25, 0.3) is 0 Å². The second kappa shape index (κ2) is 13.2. The number of imidazole rings is 1. The number of aryl methyl sites for hydroxylation is 4. The summed E-state index contributed by atoms with van der Waals surface area (Å²) in [7, 11) is 0. The van der Waals surface area contributed by atoms with Crippen LogP contribution in [-0.2, 0) is 19.4 Å². The number of hydrogen-bond donors (Lipinski definition) is 1. The molecule has 0 spiro atoms. The fourth-order valence-electron chi connectivity index (χ4n) is 4.86. The van der Waals surface area contributed by atoms with Crippen LogP contribution >= 0.6 is 11.9 Å². The predicted molar refractivity (Wildman–Crippen MR) is 167 cm³/mol. The molecule has 0 amide bonds. The van der Waals surface area contributed by atoms with Crippen LogP contribution in [-0.4, -0.2) is 24.9 Å². The van der Waals surface area contributed by atoms with Crippen molar-refractivity contribution in [2.24, 2.45) is 0 Å². The third-order valence-corrected chi connectivity index (χ3v) is 8.18. The van der Waals surface area contributed by atoms with Gasteiger partial charge in [-0.25, -0.2) is 4.98 Å². The Labute approximate surface area is 246 Å². The molecule has 41 heavy (non-hydrogen) atoms. The Morgan fingerprint density at radius 2 is 1.73 bits per heavy atom. The molecule has 3 heterocycles. The summed E-state index contributed by atoms with van der Waals surface area (Å²) in [5.41, 5.74) is 8.73. The summed E-state index contributed by atoms with van der Waals surface area (Å²) < 4.78 is 11.0. The Morgan fingerprint density at radius 1 is 0.878 bits per heavy atom. The van der Waals surface area contributed by atoms with Crippen molar-refractivity contribution in [2.75, 3.05) is 4.72 Å². The molecule has 3 aromatic heterocycles. The van der Waals surface area contributed by atoms with Crippen LogP contribution < -0.4 is 4.72 Å². The Kier molecular flexibility index (Phi) is 9.19. The van der Waals surface area contributed by atoms with Crippen LogP contribution in [0.5, 0.6) is 0 Å². The molecule has 0 unspecified atom stereocenters. The molecule has 5 rings (SSSR count). The monoisotopic (exact) mass is 566 g/mol. The zero-order valence-corrected chi connectivity index (χ0v) is 25.4. The van der Waals surface area contributed by atoms with Crippen molar-refractivity contribution in [3.63, 3.8) is 0 Å². The zero-order valence-electron chi connectivity index (χ0n) is 24.6. The van der Waals surface area contributed by atoms with Crippen LogP contribution in [0.15, 0.2) is 70.2 Å². The summed E-state index contributed by atoms with van der Waals surface area (Å²) in [5.74, 6) is 2.69. The summed E-state index contributed by atoms with van der Waals surface area (Å²) in [4.78, 5) is 6.12. The van der Waals surface area contributed by atoms with Crippen LogP contribution in [0.25, 0.3) is 22.5 Å². The summed E-state index contributed by atoms with van der Waals surface area (Å²) in [6.45, 7) is 11.1. The number of nitrogens with one attached hydrogen (secondary N) is 1. The maximum absolute atomic E-state index is 5.33. The molecule has 1 N–H and O–H groups in total. The van der Waals surface area contributed by atoms with Crippen molar-refractivity contribution < 1.29 is 4.52 Å². The summed E-state index contributed by atoms with van der Waals surface area (Å²) in [5, 5.41) is 12.8. The predicted octanol–water partition coefficient (Wildman–Crippen LogP) is 8.38. The second-order valence-electron chi connectivity index (χ2n) is 10.5. The summed E-state index contributed by atoms with van der Waals surface area (Å²) >= 11 is 1.57. The Morgan fingerprint density at radius 3 is 2.46 bits per heavy atom. The minimum Gasteiger partial charge on any atom is -0.359 e. The molecule has 2 aromatic carbocycles. The molecule has 0 atom stereocenters. The first-order valence-corrected chi connectivity index (χ1v) is 15.2. The van der Waals surface area contributed by atoms with Crippen molar-refractivity contribution >= 4 is 17.8 Å². The van der Waals surface area contributed by atoms with Crippen molar-refractivity contribution in [3.05, 3.63) is 94.8 Å². The smallest absolute Gasteiger partial charge is 0.182 e. The number of unbranched alkanes of at least 4 members (excludes halogenated alkanes) is 1. The number of hydrogen-bond acceptors (Lipinski definition) is 7. The first kappa shape index (κ1) is 28.6. The number of rotatable bonds is 12. The van der Waals surface area contributed by atoms with Gasteiger partial charge < -0.3 is 13.8 Å². The Balaban J connectivity index is 1.43. The summed E-state index contributed by atoms with van der Waals surface area (Å²) in [6.07, 6.45) is 7.38. The molecule has 0 aliphatic heterocycles. The highest BCUT2D eigenvalue weighted by Crippen LogP contribution is 2.35. The maximum Gasteiger partial charge on any atom is 0.182 e. The van der Waals surface area contributed by atoms with Crippen LogP contribution in [0.4, 0.5) is 5.82 Å². The average molecular weight is 567 g/mol. The maximum atomic E-state index is 5.33. The van der Waals surface area contributed by atoms with Gasteiger partial charge in [0, 0.05) is 29.6 Å². The van der Waals surface area contributed by atoms with E-state index in [2.05, 4.69) is 87.2 Å². The van der Waals surface area contributed by atoms with E-state index in [1.54, 1.807) is 11.9 Å². The quantitative estimate of drug-likeness (QED) is 0.152. The van der Waals surface area contributed by atoms with Gasteiger partial charge in [0.15, 0.2) is 5.82 Å². The largest absolute Gasteiger partial charge is 0.359 e. The zero-order chi connectivity index (χ0) is 28.8. The minimum atomic E-state index is 0.765. The standard InChI is InChI=1S/C33H38N6OS/c1-6-8-14-32-34-30(29-18-15-22(3)35-36-29)21-39(32)20-25-16-17-27(26(19-25)11-7-2)28-12-9-10-13-31(28)41-38-33-23(4)24(5)40-37-33/h9-10,12-13,15-19,21H,6-8,11,14,20H2,1-5H3,(H,37,38). The fraction of sp³-hybridized carbons (Fsp3) is 0.333. The van der Waals surface area contributed by atoms with E-state index in [9.17, 15) is 0 Å². The van der Waals surface area contributed by atoms with Crippen LogP contribution in [0.1, 0.15) is 67.1 Å². The summed E-state index contributed by atoms with van der Waals surface area (Å²) in [6, 6.07) is 19.4. The second-order valence-corrected chi connectivity index (χ2v) is 11.3. The van der Waals surface area contributed by atoms with Crippen molar-refractivity contribution in [3.8, 4) is 22.5 Å². The molecule has 0 fully saturated rings. The van der Waals surface area contributed by atoms with Gasteiger partial charge in [-0.15, -0.1) is 5.10 Å². The fourth-order valence-corrected chi connectivity index (χ4v) is 5.69. The molecule has 0 bridgehead atoms. The number of aromatic nitrogens is 5. The van der Waals surface area contributed by atoms with E-state index < -0.39 is 0 Å². The van der Waals surface area contributed by atoms with E-state index in [-0.39, 0.29) is 0 Å². The van der Waals surface area contributed by atoms with E-state index in [1.807, 2.05) is 32.9 Å². The molecule has 0 saturated carbocycles. The lowest BCUT2D eigenvalue weighted by molar-refractivity contribution is 0.399. The van der Waals surface area contributed by atoms with Gasteiger partial charge >= 0.3 is 0 Å². The van der Waals surface area contributed by atoms with Gasteiger partial charge in [0.1, 0.15) is 23.0 Å². The van der Waals surface area contributed by atoms with E-state index in [4.69, 9.17) is 9.51 Å². The van der Waals surface area contributed by atoms with Gasteiger partial charge in [-0.05, 0) is 86.0 Å². The molecule has 0 aliphatic rings.